The number of nitrogens with zero attached hydrogens (tertiary/aromatic N) is 5. The fourth-order valence-corrected chi connectivity index (χ4v) is 4.13. The van der Waals surface area contributed by atoms with E-state index in [1.807, 2.05) is 32.3 Å². The van der Waals surface area contributed by atoms with Gasteiger partial charge in [-0.25, -0.2) is 4.68 Å². The molecule has 0 atom stereocenters. The standard InChI is InChI=1S/C21H25N7O2/c1-3-30-20-18-15(12-4-9-16-17(10-12)28(2)27-26-16)11-22-19(18)24-21(25-20)23-13-5-7-14(29)8-6-13/h4,9-11,13-14,29H,3,5-8H2,1-2H3,(H2,22,23,24,25). The van der Waals surface area contributed by atoms with Crippen LogP contribution in [-0.2, 0) is 7.05 Å². The summed E-state index contributed by atoms with van der Waals surface area (Å²) in [5.74, 6) is 1.10. The number of aliphatic hydroxyl groups is 1. The van der Waals surface area contributed by atoms with Crippen molar-refractivity contribution in [2.24, 2.45) is 7.05 Å². The molecule has 1 fully saturated rings. The Labute approximate surface area is 173 Å². The summed E-state index contributed by atoms with van der Waals surface area (Å²) in [5, 5.41) is 22.2. The average molecular weight is 407 g/mol. The van der Waals surface area contributed by atoms with Crippen LogP contribution in [0.5, 0.6) is 5.88 Å². The van der Waals surface area contributed by atoms with Gasteiger partial charge in [0, 0.05) is 24.8 Å². The van der Waals surface area contributed by atoms with Crippen molar-refractivity contribution < 1.29 is 9.84 Å². The number of aliphatic hydroxyl groups excluding tert-OH is 1. The Bertz CT molecular complexity index is 1190. The van der Waals surface area contributed by atoms with Crippen molar-refractivity contribution in [2.45, 2.75) is 44.8 Å². The lowest BCUT2D eigenvalue weighted by molar-refractivity contribution is 0.126. The number of ether oxygens (including phenoxy) is 1. The second-order valence-electron chi connectivity index (χ2n) is 7.78. The van der Waals surface area contributed by atoms with E-state index in [0.29, 0.717) is 18.4 Å². The summed E-state index contributed by atoms with van der Waals surface area (Å²) in [7, 11) is 1.88. The van der Waals surface area contributed by atoms with Gasteiger partial charge in [-0.3, -0.25) is 0 Å². The van der Waals surface area contributed by atoms with Gasteiger partial charge in [-0.05, 0) is 50.3 Å². The number of fused-ring (bicyclic) bond motifs is 2. The molecule has 1 aliphatic rings. The minimum Gasteiger partial charge on any atom is -0.477 e. The van der Waals surface area contributed by atoms with Crippen LogP contribution < -0.4 is 10.1 Å². The quantitative estimate of drug-likeness (QED) is 0.466. The van der Waals surface area contributed by atoms with Gasteiger partial charge >= 0.3 is 0 Å². The maximum atomic E-state index is 9.74. The number of rotatable bonds is 5. The van der Waals surface area contributed by atoms with Crippen LogP contribution in [0.1, 0.15) is 32.6 Å². The lowest BCUT2D eigenvalue weighted by Crippen LogP contribution is -2.29. The molecular weight excluding hydrogens is 382 g/mol. The highest BCUT2D eigenvalue weighted by molar-refractivity contribution is 5.99. The summed E-state index contributed by atoms with van der Waals surface area (Å²) < 4.78 is 7.66. The Morgan fingerprint density at radius 3 is 2.87 bits per heavy atom. The van der Waals surface area contributed by atoms with Gasteiger partial charge in [0.2, 0.25) is 11.8 Å². The van der Waals surface area contributed by atoms with Crippen LogP contribution in [0.4, 0.5) is 5.95 Å². The van der Waals surface area contributed by atoms with Gasteiger partial charge in [0.25, 0.3) is 0 Å². The summed E-state index contributed by atoms with van der Waals surface area (Å²) >= 11 is 0. The minimum absolute atomic E-state index is 0.191. The fourth-order valence-electron chi connectivity index (χ4n) is 4.13. The number of benzene rings is 1. The molecule has 0 bridgehead atoms. The third-order valence-electron chi connectivity index (χ3n) is 5.73. The molecular formula is C21H25N7O2. The lowest BCUT2D eigenvalue weighted by Gasteiger charge is -2.26. The monoisotopic (exact) mass is 407 g/mol. The lowest BCUT2D eigenvalue weighted by atomic mass is 9.93. The first-order valence-electron chi connectivity index (χ1n) is 10.4. The molecule has 1 saturated carbocycles. The number of anilines is 1. The van der Waals surface area contributed by atoms with E-state index in [2.05, 4.69) is 31.7 Å². The Balaban J connectivity index is 1.54. The highest BCUT2D eigenvalue weighted by Gasteiger charge is 2.22. The van der Waals surface area contributed by atoms with Gasteiger partial charge in [-0.15, -0.1) is 5.10 Å². The Morgan fingerprint density at radius 1 is 1.23 bits per heavy atom. The van der Waals surface area contributed by atoms with E-state index in [-0.39, 0.29) is 12.1 Å². The van der Waals surface area contributed by atoms with E-state index in [1.165, 1.54) is 0 Å². The first-order valence-corrected chi connectivity index (χ1v) is 10.4. The molecule has 0 radical (unpaired) electrons. The van der Waals surface area contributed by atoms with Gasteiger partial charge in [0.15, 0.2) is 0 Å². The van der Waals surface area contributed by atoms with Crippen molar-refractivity contribution >= 4 is 28.0 Å². The predicted octanol–water partition coefficient (Wildman–Crippen LogP) is 3.02. The molecule has 3 heterocycles. The number of aryl methyl sites for hydroxylation is 1. The van der Waals surface area contributed by atoms with E-state index in [1.54, 1.807) is 4.68 Å². The third kappa shape index (κ3) is 3.35. The highest BCUT2D eigenvalue weighted by Crippen LogP contribution is 2.35. The average Bonchev–Trinajstić information content (AvgIpc) is 3.34. The number of aromatic amines is 1. The third-order valence-corrected chi connectivity index (χ3v) is 5.73. The minimum atomic E-state index is -0.191. The maximum Gasteiger partial charge on any atom is 0.228 e. The van der Waals surface area contributed by atoms with Crippen LogP contribution >= 0.6 is 0 Å². The molecule has 5 rings (SSSR count). The Hall–Kier alpha value is -3.20. The number of aromatic nitrogens is 6. The summed E-state index contributed by atoms with van der Waals surface area (Å²) in [6, 6.07) is 6.31. The maximum absolute atomic E-state index is 9.74. The van der Waals surface area contributed by atoms with Gasteiger partial charge in [0.05, 0.1) is 23.6 Å². The van der Waals surface area contributed by atoms with E-state index in [9.17, 15) is 5.11 Å². The van der Waals surface area contributed by atoms with Crippen molar-refractivity contribution in [3.8, 4) is 17.0 Å². The molecule has 9 nitrogen and oxygen atoms in total. The summed E-state index contributed by atoms with van der Waals surface area (Å²) in [4.78, 5) is 12.6. The molecule has 4 aromatic rings. The molecule has 156 valence electrons. The number of H-pyrrole nitrogens is 1. The topological polar surface area (TPSA) is 114 Å². The van der Waals surface area contributed by atoms with Gasteiger partial charge < -0.3 is 20.1 Å². The van der Waals surface area contributed by atoms with Crippen LogP contribution in [0, 0.1) is 0 Å². The molecule has 0 amide bonds. The van der Waals surface area contributed by atoms with Crippen LogP contribution in [0.3, 0.4) is 0 Å². The van der Waals surface area contributed by atoms with Gasteiger partial charge in [-0.2, -0.15) is 9.97 Å². The van der Waals surface area contributed by atoms with Crippen LogP contribution in [0.15, 0.2) is 24.4 Å². The van der Waals surface area contributed by atoms with E-state index in [0.717, 1.165) is 58.9 Å². The molecule has 0 aliphatic heterocycles. The Kier molecular flexibility index (Phi) is 4.74. The molecule has 1 aromatic carbocycles. The second-order valence-corrected chi connectivity index (χ2v) is 7.78. The predicted molar refractivity (Wildman–Crippen MR) is 114 cm³/mol. The largest absolute Gasteiger partial charge is 0.477 e. The highest BCUT2D eigenvalue weighted by atomic mass is 16.5. The zero-order valence-electron chi connectivity index (χ0n) is 17.1. The molecule has 0 spiro atoms. The molecule has 3 N–H and O–H groups in total. The van der Waals surface area contributed by atoms with Crippen LogP contribution in [-0.4, -0.2) is 53.8 Å². The molecule has 0 unspecified atom stereocenters. The molecule has 0 saturated heterocycles. The molecule has 9 heteroatoms. The zero-order valence-corrected chi connectivity index (χ0v) is 17.1. The molecule has 3 aromatic heterocycles. The normalized spacial score (nSPS) is 19.4. The summed E-state index contributed by atoms with van der Waals surface area (Å²) in [5.41, 5.74) is 4.53. The van der Waals surface area contributed by atoms with E-state index < -0.39 is 0 Å². The van der Waals surface area contributed by atoms with E-state index in [4.69, 9.17) is 9.72 Å². The number of hydrogen-bond donors (Lipinski definition) is 3. The van der Waals surface area contributed by atoms with Gasteiger partial charge in [-0.1, -0.05) is 11.3 Å². The van der Waals surface area contributed by atoms with Crippen molar-refractivity contribution in [3.05, 3.63) is 24.4 Å². The number of hydrogen-bond acceptors (Lipinski definition) is 7. The summed E-state index contributed by atoms with van der Waals surface area (Å²) in [6.45, 7) is 2.46. The van der Waals surface area contributed by atoms with Crippen LogP contribution in [0.25, 0.3) is 33.2 Å². The van der Waals surface area contributed by atoms with Crippen molar-refractivity contribution in [3.63, 3.8) is 0 Å². The van der Waals surface area contributed by atoms with Crippen molar-refractivity contribution in [1.82, 2.24) is 29.9 Å². The Morgan fingerprint density at radius 2 is 2.07 bits per heavy atom. The smallest absolute Gasteiger partial charge is 0.228 e. The first kappa shape index (κ1) is 18.8. The van der Waals surface area contributed by atoms with Crippen LogP contribution in [0.2, 0.25) is 0 Å². The SMILES string of the molecule is CCOc1nc(NC2CCC(O)CC2)nc2[nH]cc(-c3ccc4nnn(C)c4c3)c12. The van der Waals surface area contributed by atoms with Crippen molar-refractivity contribution in [2.75, 3.05) is 11.9 Å². The van der Waals surface area contributed by atoms with Gasteiger partial charge in [0.1, 0.15) is 11.2 Å². The second kappa shape index (κ2) is 7.56. The number of nitrogens with one attached hydrogen (secondary N) is 2. The van der Waals surface area contributed by atoms with Crippen molar-refractivity contribution in [1.29, 1.82) is 0 Å². The van der Waals surface area contributed by atoms with E-state index >= 15 is 0 Å². The molecule has 30 heavy (non-hydrogen) atoms. The molecule has 1 aliphatic carbocycles. The first-order chi connectivity index (χ1) is 14.6. The fraction of sp³-hybridized carbons (Fsp3) is 0.429. The summed E-state index contributed by atoms with van der Waals surface area (Å²) in [6.07, 6.45) is 5.16. The zero-order chi connectivity index (χ0) is 20.7.